The van der Waals surface area contributed by atoms with Gasteiger partial charge in [-0.3, -0.25) is 14.2 Å². The monoisotopic (exact) mass is 385 g/mol. The number of nitrogens with zero attached hydrogens (tertiary/aromatic N) is 3. The van der Waals surface area contributed by atoms with Gasteiger partial charge in [-0.15, -0.1) is 0 Å². The molecule has 1 saturated heterocycles. The minimum Gasteiger partial charge on any atom is -0.299 e. The summed E-state index contributed by atoms with van der Waals surface area (Å²) in [5.41, 5.74) is 3.10. The molecule has 2 aliphatic heterocycles. The van der Waals surface area contributed by atoms with Crippen LogP contribution in [0, 0.1) is 5.92 Å². The van der Waals surface area contributed by atoms with E-state index in [0.29, 0.717) is 19.4 Å². The molecule has 5 nitrogen and oxygen atoms in total. The van der Waals surface area contributed by atoms with Gasteiger partial charge in [0.05, 0.1) is 5.69 Å². The third kappa shape index (κ3) is 3.05. The molecule has 0 aliphatic carbocycles. The molecule has 0 unspecified atom stereocenters. The summed E-state index contributed by atoms with van der Waals surface area (Å²) < 4.78 is 28.2. The van der Waals surface area contributed by atoms with Crippen molar-refractivity contribution in [2.45, 2.75) is 38.0 Å². The Kier molecular flexibility index (Phi) is 4.72. The number of para-hydroxylation sites is 1. The van der Waals surface area contributed by atoms with Crippen molar-refractivity contribution in [3.63, 3.8) is 0 Å². The van der Waals surface area contributed by atoms with E-state index in [9.17, 15) is 8.42 Å². The normalized spacial score (nSPS) is 20.9. The lowest BCUT2D eigenvalue weighted by Gasteiger charge is -2.39. The Labute approximate surface area is 162 Å². The zero-order valence-electron chi connectivity index (χ0n) is 16.0. The minimum absolute atomic E-state index is 0.287. The number of piperidine rings is 1. The number of anilines is 1. The highest BCUT2D eigenvalue weighted by molar-refractivity contribution is 7.94. The maximum absolute atomic E-state index is 13.6. The summed E-state index contributed by atoms with van der Waals surface area (Å²) in [4.78, 5) is 6.42. The van der Waals surface area contributed by atoms with E-state index in [2.05, 4.69) is 23.7 Å². The van der Waals surface area contributed by atoms with Crippen LogP contribution in [0.3, 0.4) is 0 Å². The van der Waals surface area contributed by atoms with Gasteiger partial charge in [0.1, 0.15) is 4.75 Å². The van der Waals surface area contributed by atoms with Crippen molar-refractivity contribution in [1.82, 2.24) is 9.88 Å². The van der Waals surface area contributed by atoms with Gasteiger partial charge < -0.3 is 0 Å². The van der Waals surface area contributed by atoms with Crippen LogP contribution in [0.25, 0.3) is 0 Å². The van der Waals surface area contributed by atoms with Crippen molar-refractivity contribution in [3.8, 4) is 0 Å². The van der Waals surface area contributed by atoms with Crippen molar-refractivity contribution in [2.75, 3.05) is 23.9 Å². The molecule has 144 valence electrons. The Morgan fingerprint density at radius 1 is 1.07 bits per heavy atom. The summed E-state index contributed by atoms with van der Waals surface area (Å²) >= 11 is 0. The number of hydrogen-bond acceptors (Lipinski definition) is 4. The Hall–Kier alpha value is -1.92. The van der Waals surface area contributed by atoms with Crippen molar-refractivity contribution in [3.05, 3.63) is 59.9 Å². The van der Waals surface area contributed by atoms with Crippen LogP contribution in [-0.2, 0) is 21.3 Å². The summed E-state index contributed by atoms with van der Waals surface area (Å²) in [5.74, 6) is 0.287. The highest BCUT2D eigenvalue weighted by Crippen LogP contribution is 2.52. The zero-order valence-corrected chi connectivity index (χ0v) is 16.8. The molecule has 1 aromatic carbocycles. The fourth-order valence-electron chi connectivity index (χ4n) is 4.43. The third-order valence-corrected chi connectivity index (χ3v) is 8.34. The van der Waals surface area contributed by atoms with Crippen LogP contribution in [0.1, 0.15) is 37.8 Å². The van der Waals surface area contributed by atoms with Gasteiger partial charge in [-0.25, -0.2) is 8.42 Å². The standard InChI is InChI=1S/C21H27N3O2S/c1-17(2)15-24-20-6-4-3-5-19(20)21(27(24,25)26)9-13-23(14-10-21)16-18-7-11-22-12-8-18/h3-8,11-12,17H,9-10,13-16H2,1-2H3. The predicted molar refractivity (Wildman–Crippen MR) is 108 cm³/mol. The summed E-state index contributed by atoms with van der Waals surface area (Å²) in [5, 5.41) is 0. The van der Waals surface area contributed by atoms with Crippen molar-refractivity contribution >= 4 is 15.7 Å². The Balaban J connectivity index is 1.61. The molecule has 0 bridgehead atoms. The van der Waals surface area contributed by atoms with Crippen LogP contribution in [0.4, 0.5) is 5.69 Å². The quantitative estimate of drug-likeness (QED) is 0.810. The number of aromatic nitrogens is 1. The molecule has 0 N–H and O–H groups in total. The highest BCUT2D eigenvalue weighted by atomic mass is 32.2. The van der Waals surface area contributed by atoms with Crippen LogP contribution in [0.15, 0.2) is 48.8 Å². The first-order chi connectivity index (χ1) is 12.9. The molecule has 1 fully saturated rings. The fourth-order valence-corrected chi connectivity index (χ4v) is 6.91. The molecule has 27 heavy (non-hydrogen) atoms. The van der Waals surface area contributed by atoms with E-state index in [4.69, 9.17) is 0 Å². The average molecular weight is 386 g/mol. The van der Waals surface area contributed by atoms with Gasteiger partial charge in [0.15, 0.2) is 0 Å². The first kappa shape index (κ1) is 18.4. The largest absolute Gasteiger partial charge is 0.299 e. The Morgan fingerprint density at radius 3 is 2.41 bits per heavy atom. The molecule has 1 aromatic heterocycles. The van der Waals surface area contributed by atoms with Crippen molar-refractivity contribution in [2.24, 2.45) is 5.92 Å². The van der Waals surface area contributed by atoms with Gasteiger partial charge in [0.25, 0.3) is 0 Å². The van der Waals surface area contributed by atoms with Crippen molar-refractivity contribution < 1.29 is 8.42 Å². The van der Waals surface area contributed by atoms with Crippen LogP contribution >= 0.6 is 0 Å². The molecule has 0 atom stereocenters. The smallest absolute Gasteiger partial charge is 0.245 e. The van der Waals surface area contributed by atoms with Gasteiger partial charge >= 0.3 is 0 Å². The summed E-state index contributed by atoms with van der Waals surface area (Å²) in [6, 6.07) is 11.9. The lowest BCUT2D eigenvalue weighted by molar-refractivity contribution is 0.189. The summed E-state index contributed by atoms with van der Waals surface area (Å²) in [6.07, 6.45) is 4.91. The predicted octanol–water partition coefficient (Wildman–Crippen LogP) is 3.38. The third-order valence-electron chi connectivity index (χ3n) is 5.80. The van der Waals surface area contributed by atoms with Gasteiger partial charge in [-0.2, -0.15) is 0 Å². The van der Waals surface area contributed by atoms with Crippen molar-refractivity contribution in [1.29, 1.82) is 0 Å². The molecular weight excluding hydrogens is 358 g/mol. The Bertz CT molecular complexity index is 904. The molecule has 2 aliphatic rings. The summed E-state index contributed by atoms with van der Waals surface area (Å²) in [7, 11) is -3.40. The van der Waals surface area contributed by atoms with E-state index in [1.165, 1.54) is 5.56 Å². The maximum Gasteiger partial charge on any atom is 0.245 e. The zero-order chi connectivity index (χ0) is 19.1. The number of likely N-dealkylation sites (tertiary alicyclic amines) is 1. The molecule has 2 aromatic rings. The second-order valence-electron chi connectivity index (χ2n) is 8.07. The SMILES string of the molecule is CC(C)CN1c2ccccc2C2(CCN(Cc3ccncc3)CC2)S1(=O)=O. The highest BCUT2D eigenvalue weighted by Gasteiger charge is 2.56. The fraction of sp³-hybridized carbons (Fsp3) is 0.476. The van der Waals surface area contributed by atoms with E-state index < -0.39 is 14.8 Å². The molecule has 6 heteroatoms. The van der Waals surface area contributed by atoms with E-state index >= 15 is 0 Å². The summed E-state index contributed by atoms with van der Waals surface area (Å²) in [6.45, 7) is 7.09. The molecule has 3 heterocycles. The first-order valence-corrected chi connectivity index (χ1v) is 11.1. The molecule has 0 saturated carbocycles. The van der Waals surface area contributed by atoms with E-state index in [1.807, 2.05) is 48.8 Å². The van der Waals surface area contributed by atoms with Gasteiger partial charge in [0.2, 0.25) is 10.0 Å². The average Bonchev–Trinajstić information content (AvgIpc) is 2.83. The van der Waals surface area contributed by atoms with E-state index in [1.54, 1.807) is 4.31 Å². The Morgan fingerprint density at radius 2 is 1.74 bits per heavy atom. The second-order valence-corrected chi connectivity index (χ2v) is 10.2. The lowest BCUT2D eigenvalue weighted by atomic mass is 9.87. The number of pyridine rings is 1. The number of sulfonamides is 1. The first-order valence-electron chi connectivity index (χ1n) is 9.67. The van der Waals surface area contributed by atoms with Gasteiger partial charge in [0, 0.05) is 38.6 Å². The molecule has 1 spiro atoms. The number of benzene rings is 1. The second kappa shape index (κ2) is 6.91. The van der Waals surface area contributed by atoms with Crippen LogP contribution in [0.2, 0.25) is 0 Å². The molecule has 4 rings (SSSR count). The molecule has 0 amide bonds. The number of rotatable bonds is 4. The van der Waals surface area contributed by atoms with Crippen LogP contribution < -0.4 is 4.31 Å². The molecular formula is C21H27N3O2S. The van der Waals surface area contributed by atoms with E-state index in [0.717, 1.165) is 30.9 Å². The topological polar surface area (TPSA) is 53.5 Å². The van der Waals surface area contributed by atoms with Crippen LogP contribution in [-0.4, -0.2) is 37.9 Å². The minimum atomic E-state index is -3.40. The molecule has 0 radical (unpaired) electrons. The number of fused-ring (bicyclic) bond motifs is 2. The number of hydrogen-bond donors (Lipinski definition) is 0. The van der Waals surface area contributed by atoms with Crippen LogP contribution in [0.5, 0.6) is 0 Å². The lowest BCUT2D eigenvalue weighted by Crippen LogP contribution is -2.48. The van der Waals surface area contributed by atoms with Gasteiger partial charge in [-0.05, 0) is 48.1 Å². The van der Waals surface area contributed by atoms with Gasteiger partial charge in [-0.1, -0.05) is 32.0 Å². The maximum atomic E-state index is 13.6. The van der Waals surface area contributed by atoms with E-state index in [-0.39, 0.29) is 5.92 Å².